The van der Waals surface area contributed by atoms with E-state index in [-0.39, 0.29) is 0 Å². The molecule has 2 nitrogen and oxygen atoms in total. The lowest BCUT2D eigenvalue weighted by molar-refractivity contribution is 0.264. The third-order valence-electron chi connectivity index (χ3n) is 3.18. The van der Waals surface area contributed by atoms with Crippen molar-refractivity contribution in [1.82, 2.24) is 10.2 Å². The Labute approximate surface area is 97.5 Å². The number of nitrogens with zero attached hydrogens (tertiary/aromatic N) is 1. The van der Waals surface area contributed by atoms with E-state index >= 15 is 0 Å². The van der Waals surface area contributed by atoms with E-state index in [2.05, 4.69) is 34.1 Å². The topological polar surface area (TPSA) is 15.3 Å². The van der Waals surface area contributed by atoms with E-state index in [1.54, 1.807) is 0 Å². The quantitative estimate of drug-likeness (QED) is 0.736. The molecule has 2 heterocycles. The molecule has 0 bridgehead atoms. The summed E-state index contributed by atoms with van der Waals surface area (Å²) in [5.41, 5.74) is 0. The van der Waals surface area contributed by atoms with Crippen molar-refractivity contribution in [2.45, 2.75) is 12.8 Å². The van der Waals surface area contributed by atoms with Gasteiger partial charge in [0.15, 0.2) is 0 Å². The SMILES string of the molecule is C(=C/C1CCCSC1)/CN1CCNCC1. The molecule has 2 fully saturated rings. The molecule has 86 valence electrons. The molecule has 1 N–H and O–H groups in total. The zero-order valence-electron chi connectivity index (χ0n) is 9.45. The Morgan fingerprint density at radius 1 is 1.33 bits per heavy atom. The highest BCUT2D eigenvalue weighted by molar-refractivity contribution is 7.99. The molecule has 0 aromatic rings. The largest absolute Gasteiger partial charge is 0.314 e. The van der Waals surface area contributed by atoms with Crippen molar-refractivity contribution in [3.05, 3.63) is 12.2 Å². The van der Waals surface area contributed by atoms with Crippen molar-refractivity contribution >= 4 is 11.8 Å². The molecule has 2 saturated heterocycles. The average molecular weight is 226 g/mol. The van der Waals surface area contributed by atoms with E-state index in [4.69, 9.17) is 0 Å². The van der Waals surface area contributed by atoms with Crippen LogP contribution in [0.2, 0.25) is 0 Å². The van der Waals surface area contributed by atoms with Crippen LogP contribution in [-0.2, 0) is 0 Å². The predicted octanol–water partition coefficient (Wildman–Crippen LogP) is 1.59. The molecule has 0 aliphatic carbocycles. The minimum absolute atomic E-state index is 0.853. The Morgan fingerprint density at radius 3 is 2.93 bits per heavy atom. The smallest absolute Gasteiger partial charge is 0.0164 e. The van der Waals surface area contributed by atoms with Gasteiger partial charge in [0, 0.05) is 32.7 Å². The standard InChI is InChI=1S/C12H22N2S/c1(3-12-4-2-10-15-11-12)7-14-8-5-13-6-9-14/h1,3,12-13H,2,4-11H2/b3-1-. The highest BCUT2D eigenvalue weighted by atomic mass is 32.2. The maximum Gasteiger partial charge on any atom is 0.0164 e. The highest BCUT2D eigenvalue weighted by Crippen LogP contribution is 2.23. The maximum absolute atomic E-state index is 3.39. The van der Waals surface area contributed by atoms with Gasteiger partial charge < -0.3 is 5.32 Å². The average Bonchev–Trinajstić information content (AvgIpc) is 2.32. The van der Waals surface area contributed by atoms with Gasteiger partial charge in [0.1, 0.15) is 0 Å². The molecule has 1 unspecified atom stereocenters. The third kappa shape index (κ3) is 4.17. The Hall–Kier alpha value is 0.01000. The summed E-state index contributed by atoms with van der Waals surface area (Å²) >= 11 is 2.11. The number of hydrogen-bond acceptors (Lipinski definition) is 3. The Bertz CT molecular complexity index is 194. The first-order chi connectivity index (χ1) is 7.45. The fourth-order valence-electron chi connectivity index (χ4n) is 2.21. The summed E-state index contributed by atoms with van der Waals surface area (Å²) in [6.45, 7) is 5.90. The van der Waals surface area contributed by atoms with Crippen LogP contribution in [0, 0.1) is 5.92 Å². The molecular weight excluding hydrogens is 204 g/mol. The summed E-state index contributed by atoms with van der Waals surface area (Å²) in [4.78, 5) is 2.53. The van der Waals surface area contributed by atoms with Gasteiger partial charge in [-0.15, -0.1) is 0 Å². The summed E-state index contributed by atoms with van der Waals surface area (Å²) in [7, 11) is 0. The second-order valence-electron chi connectivity index (χ2n) is 4.46. The normalized spacial score (nSPS) is 29.7. The molecule has 0 saturated carbocycles. The third-order valence-corrected chi connectivity index (χ3v) is 4.42. The number of nitrogens with one attached hydrogen (secondary N) is 1. The second kappa shape index (κ2) is 6.56. The molecule has 0 aromatic heterocycles. The van der Waals surface area contributed by atoms with Crippen LogP contribution in [-0.4, -0.2) is 49.1 Å². The second-order valence-corrected chi connectivity index (χ2v) is 5.61. The lowest BCUT2D eigenvalue weighted by atomic mass is 10.1. The Kier molecular flexibility index (Phi) is 5.03. The van der Waals surface area contributed by atoms with Crippen molar-refractivity contribution in [3.63, 3.8) is 0 Å². The monoisotopic (exact) mass is 226 g/mol. The maximum atomic E-state index is 3.39. The summed E-state index contributed by atoms with van der Waals surface area (Å²) in [6.07, 6.45) is 7.66. The number of hydrogen-bond donors (Lipinski definition) is 1. The van der Waals surface area contributed by atoms with E-state index in [1.807, 2.05) is 0 Å². The van der Waals surface area contributed by atoms with Gasteiger partial charge in [0.05, 0.1) is 0 Å². The van der Waals surface area contributed by atoms with Crippen LogP contribution in [0.5, 0.6) is 0 Å². The molecule has 0 aromatic carbocycles. The molecule has 3 heteroatoms. The van der Waals surface area contributed by atoms with Gasteiger partial charge in [-0.2, -0.15) is 11.8 Å². The van der Waals surface area contributed by atoms with Crippen molar-refractivity contribution < 1.29 is 0 Å². The summed E-state index contributed by atoms with van der Waals surface area (Å²) < 4.78 is 0. The zero-order chi connectivity index (χ0) is 10.3. The number of thioether (sulfide) groups is 1. The van der Waals surface area contributed by atoms with Crippen molar-refractivity contribution in [2.24, 2.45) is 5.92 Å². The molecule has 15 heavy (non-hydrogen) atoms. The van der Waals surface area contributed by atoms with E-state index in [0.29, 0.717) is 0 Å². The zero-order valence-corrected chi connectivity index (χ0v) is 10.3. The molecular formula is C12H22N2S. The molecule has 2 aliphatic heterocycles. The van der Waals surface area contributed by atoms with Crippen LogP contribution in [0.4, 0.5) is 0 Å². The Morgan fingerprint density at radius 2 is 2.20 bits per heavy atom. The number of allylic oxidation sites excluding steroid dienone is 1. The first-order valence-corrected chi connectivity index (χ1v) is 7.28. The van der Waals surface area contributed by atoms with E-state index in [0.717, 1.165) is 25.6 Å². The van der Waals surface area contributed by atoms with Crippen molar-refractivity contribution in [3.8, 4) is 0 Å². The minimum Gasteiger partial charge on any atom is -0.314 e. The van der Waals surface area contributed by atoms with Gasteiger partial charge in [-0.25, -0.2) is 0 Å². The lowest BCUT2D eigenvalue weighted by Crippen LogP contribution is -2.43. The first kappa shape index (κ1) is 11.5. The van der Waals surface area contributed by atoms with Crippen LogP contribution in [0.3, 0.4) is 0 Å². The van der Waals surface area contributed by atoms with E-state index in [9.17, 15) is 0 Å². The summed E-state index contributed by atoms with van der Waals surface area (Å²) in [6, 6.07) is 0. The Balaban J connectivity index is 1.64. The van der Waals surface area contributed by atoms with Crippen LogP contribution >= 0.6 is 11.8 Å². The van der Waals surface area contributed by atoms with Gasteiger partial charge in [0.25, 0.3) is 0 Å². The first-order valence-electron chi connectivity index (χ1n) is 6.12. The van der Waals surface area contributed by atoms with Gasteiger partial charge >= 0.3 is 0 Å². The van der Waals surface area contributed by atoms with Crippen molar-refractivity contribution in [2.75, 3.05) is 44.2 Å². The fourth-order valence-corrected chi connectivity index (χ4v) is 3.33. The van der Waals surface area contributed by atoms with Crippen molar-refractivity contribution in [1.29, 1.82) is 0 Å². The molecule has 0 amide bonds. The predicted molar refractivity (Wildman–Crippen MR) is 68.5 cm³/mol. The minimum atomic E-state index is 0.853. The van der Waals surface area contributed by atoms with Gasteiger partial charge in [0.2, 0.25) is 0 Å². The van der Waals surface area contributed by atoms with Gasteiger partial charge in [-0.05, 0) is 30.3 Å². The van der Waals surface area contributed by atoms with Crippen LogP contribution < -0.4 is 5.32 Å². The van der Waals surface area contributed by atoms with Gasteiger partial charge in [-0.3, -0.25) is 4.90 Å². The molecule has 0 spiro atoms. The number of rotatable bonds is 3. The molecule has 2 aliphatic rings. The molecule has 0 radical (unpaired) electrons. The number of piperazine rings is 1. The van der Waals surface area contributed by atoms with E-state index < -0.39 is 0 Å². The summed E-state index contributed by atoms with van der Waals surface area (Å²) in [5, 5.41) is 3.39. The molecule has 2 rings (SSSR count). The lowest BCUT2D eigenvalue weighted by Gasteiger charge is -2.26. The molecule has 1 atom stereocenters. The summed E-state index contributed by atoms with van der Waals surface area (Å²) in [5.74, 6) is 3.58. The van der Waals surface area contributed by atoms with Crippen LogP contribution in [0.15, 0.2) is 12.2 Å². The fraction of sp³-hybridized carbons (Fsp3) is 0.833. The van der Waals surface area contributed by atoms with Crippen LogP contribution in [0.1, 0.15) is 12.8 Å². The van der Waals surface area contributed by atoms with Crippen LogP contribution in [0.25, 0.3) is 0 Å². The van der Waals surface area contributed by atoms with Gasteiger partial charge in [-0.1, -0.05) is 12.2 Å². The highest BCUT2D eigenvalue weighted by Gasteiger charge is 2.11. The van der Waals surface area contributed by atoms with E-state index in [1.165, 1.54) is 37.4 Å².